The Kier molecular flexibility index (Phi) is 4.04. The number of nitrogens with two attached hydrogens (primary N) is 1. The number of benzene rings is 1. The van der Waals surface area contributed by atoms with Crippen LogP contribution in [0, 0.1) is 0 Å². The van der Waals surface area contributed by atoms with Crippen molar-refractivity contribution in [1.82, 2.24) is 14.3 Å². The van der Waals surface area contributed by atoms with Gasteiger partial charge in [0.2, 0.25) is 10.0 Å². The molecule has 2 N–H and O–H groups in total. The molecule has 2 aromatic heterocycles. The largest absolute Gasteiger partial charge is 0.305 e. The number of hydrogen-bond acceptors (Lipinski definition) is 4. The second-order valence-electron chi connectivity index (χ2n) is 6.24. The molecule has 1 aliphatic heterocycles. The predicted octanol–water partition coefficient (Wildman–Crippen LogP) is 2.19. The smallest absolute Gasteiger partial charge is 0.238 e. The quantitative estimate of drug-likeness (QED) is 0.759. The number of halogens is 1. The summed E-state index contributed by atoms with van der Waals surface area (Å²) in [5, 5.41) is 6.00. The van der Waals surface area contributed by atoms with E-state index in [0.717, 1.165) is 29.0 Å². The number of sulfonamides is 1. The van der Waals surface area contributed by atoms with Gasteiger partial charge in [0.05, 0.1) is 15.6 Å². The van der Waals surface area contributed by atoms with Crippen molar-refractivity contribution in [2.24, 2.45) is 5.14 Å². The molecule has 0 aliphatic carbocycles. The normalized spacial score (nSPS) is 15.4. The summed E-state index contributed by atoms with van der Waals surface area (Å²) in [5.41, 5.74) is 3.65. The van der Waals surface area contributed by atoms with Crippen LogP contribution in [0.4, 0.5) is 0 Å². The highest BCUT2D eigenvalue weighted by Crippen LogP contribution is 2.26. The minimum absolute atomic E-state index is 0.243. The van der Waals surface area contributed by atoms with Crippen LogP contribution in [0.5, 0.6) is 0 Å². The summed E-state index contributed by atoms with van der Waals surface area (Å²) < 4.78 is 25.4. The van der Waals surface area contributed by atoms with Crippen LogP contribution in [-0.4, -0.2) is 29.2 Å². The molecule has 8 heteroatoms. The van der Waals surface area contributed by atoms with Crippen LogP contribution in [-0.2, 0) is 29.5 Å². The molecule has 0 amide bonds. The van der Waals surface area contributed by atoms with Crippen molar-refractivity contribution in [1.29, 1.82) is 0 Å². The van der Waals surface area contributed by atoms with E-state index in [2.05, 4.69) is 9.88 Å². The highest BCUT2D eigenvalue weighted by molar-refractivity contribution is 7.89. The predicted molar refractivity (Wildman–Crippen MR) is 95.8 cm³/mol. The van der Waals surface area contributed by atoms with Gasteiger partial charge < -0.3 is 4.40 Å². The molecule has 0 saturated heterocycles. The Morgan fingerprint density at radius 3 is 2.84 bits per heavy atom. The number of hydrogen-bond donors (Lipinski definition) is 1. The molecule has 0 radical (unpaired) electrons. The molecule has 0 bridgehead atoms. The van der Waals surface area contributed by atoms with Crippen molar-refractivity contribution < 1.29 is 8.42 Å². The maximum absolute atomic E-state index is 11.7. The highest BCUT2D eigenvalue weighted by Gasteiger charge is 2.23. The van der Waals surface area contributed by atoms with Gasteiger partial charge in [-0.15, -0.1) is 0 Å². The summed E-state index contributed by atoms with van der Waals surface area (Å²) in [4.78, 5) is 7.10. The molecule has 0 saturated carbocycles. The fourth-order valence-electron chi connectivity index (χ4n) is 3.36. The van der Waals surface area contributed by atoms with E-state index in [1.165, 1.54) is 0 Å². The Morgan fingerprint density at radius 1 is 1.20 bits per heavy atom. The summed E-state index contributed by atoms with van der Waals surface area (Å²) in [7, 11) is -3.69. The van der Waals surface area contributed by atoms with Crippen molar-refractivity contribution >= 4 is 27.3 Å². The maximum atomic E-state index is 11.7. The molecule has 25 heavy (non-hydrogen) atoms. The molecule has 3 heterocycles. The van der Waals surface area contributed by atoms with E-state index < -0.39 is 10.0 Å². The first-order valence-electron chi connectivity index (χ1n) is 7.89. The lowest BCUT2D eigenvalue weighted by atomic mass is 9.99. The third kappa shape index (κ3) is 3.28. The Balaban J connectivity index is 1.58. The number of fused-ring (bicyclic) bond motifs is 2. The SMILES string of the molecule is NS(=O)(=O)c1cccc2c1CCN(Cc1cn3cc(Cl)ccc3n1)C2. The Bertz CT molecular complexity index is 1060. The monoisotopic (exact) mass is 376 g/mol. The number of pyridine rings is 1. The standard InChI is InChI=1S/C17H17ClN4O2S/c18-13-4-5-17-20-14(11-22(17)9-13)10-21-7-6-15-12(8-21)2-1-3-16(15)25(19,23)24/h1-5,9,11H,6-8,10H2,(H2,19,23,24). The van der Waals surface area contributed by atoms with Gasteiger partial charge in [0.1, 0.15) is 5.65 Å². The van der Waals surface area contributed by atoms with E-state index in [1.807, 2.05) is 35.0 Å². The summed E-state index contributed by atoms with van der Waals surface area (Å²) in [5.74, 6) is 0. The van der Waals surface area contributed by atoms with E-state index in [-0.39, 0.29) is 4.90 Å². The zero-order valence-electron chi connectivity index (χ0n) is 13.4. The van der Waals surface area contributed by atoms with Crippen molar-refractivity contribution in [3.05, 3.63) is 64.6 Å². The number of nitrogens with zero attached hydrogens (tertiary/aromatic N) is 3. The van der Waals surface area contributed by atoms with Gasteiger partial charge in [-0.05, 0) is 35.7 Å². The van der Waals surface area contributed by atoms with Crippen LogP contribution < -0.4 is 5.14 Å². The van der Waals surface area contributed by atoms with Gasteiger partial charge >= 0.3 is 0 Å². The number of imidazole rings is 1. The molecule has 4 rings (SSSR count). The van der Waals surface area contributed by atoms with Gasteiger partial charge in [-0.1, -0.05) is 23.7 Å². The van der Waals surface area contributed by atoms with Gasteiger partial charge in [-0.3, -0.25) is 4.90 Å². The minimum Gasteiger partial charge on any atom is -0.305 e. The van der Waals surface area contributed by atoms with E-state index in [1.54, 1.807) is 12.1 Å². The Morgan fingerprint density at radius 2 is 2.04 bits per heavy atom. The van der Waals surface area contributed by atoms with Crippen LogP contribution in [0.2, 0.25) is 5.02 Å². The fourth-order valence-corrected chi connectivity index (χ4v) is 4.37. The Labute approximate surface area is 150 Å². The topological polar surface area (TPSA) is 80.7 Å². The first-order chi connectivity index (χ1) is 11.9. The molecule has 3 aromatic rings. The second-order valence-corrected chi connectivity index (χ2v) is 8.21. The van der Waals surface area contributed by atoms with Crippen molar-refractivity contribution in [2.75, 3.05) is 6.54 Å². The molecular weight excluding hydrogens is 360 g/mol. The second kappa shape index (κ2) is 6.10. The summed E-state index contributed by atoms with van der Waals surface area (Å²) >= 11 is 6.01. The van der Waals surface area contributed by atoms with Gasteiger partial charge in [0, 0.05) is 32.0 Å². The van der Waals surface area contributed by atoms with Crippen LogP contribution >= 0.6 is 11.6 Å². The molecular formula is C17H17ClN4O2S. The summed E-state index contributed by atoms with van der Waals surface area (Å²) in [6.07, 6.45) is 4.45. The highest BCUT2D eigenvalue weighted by atomic mass is 35.5. The summed E-state index contributed by atoms with van der Waals surface area (Å²) in [6, 6.07) is 8.99. The molecule has 6 nitrogen and oxygen atoms in total. The van der Waals surface area contributed by atoms with E-state index in [9.17, 15) is 8.42 Å². The zero-order chi connectivity index (χ0) is 17.6. The van der Waals surface area contributed by atoms with Crippen LogP contribution in [0.25, 0.3) is 5.65 Å². The molecule has 0 unspecified atom stereocenters. The Hall–Kier alpha value is -1.93. The lowest BCUT2D eigenvalue weighted by Crippen LogP contribution is -2.31. The van der Waals surface area contributed by atoms with E-state index in [4.69, 9.17) is 16.7 Å². The van der Waals surface area contributed by atoms with Crippen LogP contribution in [0.3, 0.4) is 0 Å². The van der Waals surface area contributed by atoms with Crippen molar-refractivity contribution in [3.8, 4) is 0 Å². The number of aromatic nitrogens is 2. The molecule has 0 atom stereocenters. The van der Waals surface area contributed by atoms with E-state index >= 15 is 0 Å². The summed E-state index contributed by atoms with van der Waals surface area (Å²) in [6.45, 7) is 2.12. The first-order valence-corrected chi connectivity index (χ1v) is 9.82. The zero-order valence-corrected chi connectivity index (χ0v) is 15.0. The number of rotatable bonds is 3. The van der Waals surface area contributed by atoms with Crippen molar-refractivity contribution in [2.45, 2.75) is 24.4 Å². The van der Waals surface area contributed by atoms with Gasteiger partial charge in [-0.25, -0.2) is 18.5 Å². The lowest BCUT2D eigenvalue weighted by Gasteiger charge is -2.29. The third-order valence-corrected chi connectivity index (χ3v) is 5.68. The average molecular weight is 377 g/mol. The fraction of sp³-hybridized carbons (Fsp3) is 0.235. The maximum Gasteiger partial charge on any atom is 0.238 e. The average Bonchev–Trinajstić information content (AvgIpc) is 2.94. The van der Waals surface area contributed by atoms with Gasteiger partial charge in [-0.2, -0.15) is 0 Å². The van der Waals surface area contributed by atoms with E-state index in [0.29, 0.717) is 24.5 Å². The minimum atomic E-state index is -3.69. The third-order valence-electron chi connectivity index (χ3n) is 4.46. The number of primary sulfonamides is 1. The van der Waals surface area contributed by atoms with Gasteiger partial charge in [0.25, 0.3) is 0 Å². The molecule has 0 spiro atoms. The van der Waals surface area contributed by atoms with Gasteiger partial charge in [0.15, 0.2) is 0 Å². The molecule has 0 fully saturated rings. The molecule has 1 aliphatic rings. The van der Waals surface area contributed by atoms with Crippen LogP contribution in [0.1, 0.15) is 16.8 Å². The van der Waals surface area contributed by atoms with Crippen LogP contribution in [0.15, 0.2) is 47.6 Å². The molecule has 130 valence electrons. The van der Waals surface area contributed by atoms with Crippen molar-refractivity contribution in [3.63, 3.8) is 0 Å². The lowest BCUT2D eigenvalue weighted by molar-refractivity contribution is 0.241. The first kappa shape index (κ1) is 16.5. The molecule has 1 aromatic carbocycles.